The largest absolute Gasteiger partial charge is 0.329 e. The van der Waals surface area contributed by atoms with Crippen LogP contribution >= 0.6 is 0 Å². The van der Waals surface area contributed by atoms with Crippen LogP contribution in [0.2, 0.25) is 0 Å². The van der Waals surface area contributed by atoms with Crippen LogP contribution in [0, 0.1) is 6.92 Å². The zero-order valence-electron chi connectivity index (χ0n) is 11.6. The van der Waals surface area contributed by atoms with Crippen LogP contribution in [-0.4, -0.2) is 23.2 Å². The van der Waals surface area contributed by atoms with Gasteiger partial charge in [-0.3, -0.25) is 5.32 Å². The first-order chi connectivity index (χ1) is 9.58. The molecule has 0 radical (unpaired) electrons. The summed E-state index contributed by atoms with van der Waals surface area (Å²) in [5.41, 5.74) is 1.83. The zero-order chi connectivity index (χ0) is 14.5. The van der Waals surface area contributed by atoms with Gasteiger partial charge >= 0.3 is 12.0 Å². The van der Waals surface area contributed by atoms with Crippen molar-refractivity contribution in [2.45, 2.75) is 19.9 Å². The number of nitrogens with one attached hydrogen (secondary N) is 3. The van der Waals surface area contributed by atoms with Gasteiger partial charge in [0, 0.05) is 11.7 Å². The number of nitrogens with zero attached hydrogens (tertiary/aromatic N) is 2. The van der Waals surface area contributed by atoms with Gasteiger partial charge in [-0.1, -0.05) is 17.3 Å². The number of rotatable bonds is 4. The molecule has 1 aromatic heterocycles. The van der Waals surface area contributed by atoms with E-state index in [1.165, 1.54) is 0 Å². The molecular formula is C13H17N5O2. The molecule has 106 valence electrons. The number of hydrogen-bond donors (Lipinski definition) is 3. The van der Waals surface area contributed by atoms with Crippen molar-refractivity contribution in [3.8, 4) is 0 Å². The van der Waals surface area contributed by atoms with Crippen LogP contribution in [0.3, 0.4) is 0 Å². The van der Waals surface area contributed by atoms with E-state index < -0.39 is 6.03 Å². The summed E-state index contributed by atoms with van der Waals surface area (Å²) in [4.78, 5) is 15.6. The molecule has 7 nitrogen and oxygen atoms in total. The number of aromatic nitrogens is 2. The molecule has 0 bridgehead atoms. The lowest BCUT2D eigenvalue weighted by molar-refractivity contribution is 0.261. The summed E-state index contributed by atoms with van der Waals surface area (Å²) in [6.07, 6.45) is 0. The van der Waals surface area contributed by atoms with E-state index in [0.717, 1.165) is 5.56 Å². The quantitative estimate of drug-likeness (QED) is 0.796. The molecule has 1 aromatic carbocycles. The van der Waals surface area contributed by atoms with Gasteiger partial charge in [0.1, 0.15) is 0 Å². The van der Waals surface area contributed by atoms with Gasteiger partial charge in [0.25, 0.3) is 0 Å². The van der Waals surface area contributed by atoms with Crippen molar-refractivity contribution < 1.29 is 9.32 Å². The minimum atomic E-state index is -0.428. The monoisotopic (exact) mass is 275 g/mol. The number of hydrogen-bond acceptors (Lipinski definition) is 5. The molecule has 3 N–H and O–H groups in total. The van der Waals surface area contributed by atoms with E-state index in [0.29, 0.717) is 11.5 Å². The highest BCUT2D eigenvalue weighted by Crippen LogP contribution is 2.15. The maximum absolute atomic E-state index is 11.7. The molecule has 2 aromatic rings. The highest BCUT2D eigenvalue weighted by Gasteiger charge is 2.08. The van der Waals surface area contributed by atoms with Gasteiger partial charge in [-0.15, -0.1) is 0 Å². The number of benzene rings is 1. The lowest BCUT2D eigenvalue weighted by Crippen LogP contribution is -2.19. The second-order valence-electron chi connectivity index (χ2n) is 4.36. The maximum Gasteiger partial charge on any atom is 0.329 e. The Morgan fingerprint density at radius 3 is 2.50 bits per heavy atom. The molecule has 0 spiro atoms. The highest BCUT2D eigenvalue weighted by molar-refractivity contribution is 5.98. The van der Waals surface area contributed by atoms with Crippen molar-refractivity contribution in [3.63, 3.8) is 0 Å². The molecule has 0 fully saturated rings. The van der Waals surface area contributed by atoms with E-state index in [9.17, 15) is 4.79 Å². The van der Waals surface area contributed by atoms with Gasteiger partial charge in [0.05, 0.1) is 0 Å². The first-order valence-electron chi connectivity index (χ1n) is 6.24. The topological polar surface area (TPSA) is 92.1 Å². The Bertz CT molecular complexity index is 579. The molecule has 0 saturated heterocycles. The third-order valence-corrected chi connectivity index (χ3v) is 2.85. The van der Waals surface area contributed by atoms with Crippen LogP contribution in [0.15, 0.2) is 28.8 Å². The van der Waals surface area contributed by atoms with E-state index in [1.54, 1.807) is 6.92 Å². The van der Waals surface area contributed by atoms with Gasteiger partial charge in [-0.25, -0.2) is 4.79 Å². The lowest BCUT2D eigenvalue weighted by Gasteiger charge is -2.11. The Morgan fingerprint density at radius 1 is 1.25 bits per heavy atom. The Kier molecular flexibility index (Phi) is 4.31. The minimum Gasteiger partial charge on any atom is -0.315 e. The number of carbonyl (C=O) groups is 1. The van der Waals surface area contributed by atoms with Crippen molar-refractivity contribution in [3.05, 3.63) is 35.7 Å². The summed E-state index contributed by atoms with van der Waals surface area (Å²) in [7, 11) is 1.90. The molecule has 0 aliphatic heterocycles. The smallest absolute Gasteiger partial charge is 0.315 e. The van der Waals surface area contributed by atoms with Crippen molar-refractivity contribution >= 4 is 17.7 Å². The Labute approximate surface area is 116 Å². The Hall–Kier alpha value is -2.41. The molecule has 0 aliphatic rings. The summed E-state index contributed by atoms with van der Waals surface area (Å²) in [6, 6.07) is 7.48. The summed E-state index contributed by atoms with van der Waals surface area (Å²) < 4.78 is 4.80. The van der Waals surface area contributed by atoms with E-state index in [2.05, 4.69) is 33.0 Å². The van der Waals surface area contributed by atoms with Crippen molar-refractivity contribution in [2.75, 3.05) is 17.7 Å². The van der Waals surface area contributed by atoms with Crippen LogP contribution in [0.25, 0.3) is 0 Å². The first-order valence-corrected chi connectivity index (χ1v) is 6.24. The molecule has 1 heterocycles. The molecule has 2 rings (SSSR count). The Morgan fingerprint density at radius 2 is 1.95 bits per heavy atom. The van der Waals surface area contributed by atoms with Gasteiger partial charge in [-0.2, -0.15) is 4.98 Å². The lowest BCUT2D eigenvalue weighted by atomic mass is 10.1. The number of aryl methyl sites for hydroxylation is 1. The SMILES string of the molecule is CNC(C)c1ccc(NC(=O)Nc2nc(C)no2)cc1. The second kappa shape index (κ2) is 6.16. The summed E-state index contributed by atoms with van der Waals surface area (Å²) >= 11 is 0. The van der Waals surface area contributed by atoms with Crippen LogP contribution in [-0.2, 0) is 0 Å². The number of urea groups is 1. The van der Waals surface area contributed by atoms with Crippen LogP contribution in [0.1, 0.15) is 24.4 Å². The summed E-state index contributed by atoms with van der Waals surface area (Å²) in [5.74, 6) is 0.464. The van der Waals surface area contributed by atoms with E-state index in [1.807, 2.05) is 31.3 Å². The predicted molar refractivity (Wildman–Crippen MR) is 75.6 cm³/mol. The standard InChI is InChI=1S/C13H17N5O2/c1-8(14-3)10-4-6-11(7-5-10)16-12(19)17-13-15-9(2)18-20-13/h4-8,14H,1-3H3,(H2,15,16,17,18,19). The molecule has 0 saturated carbocycles. The van der Waals surface area contributed by atoms with E-state index in [-0.39, 0.29) is 12.1 Å². The molecule has 2 amide bonds. The van der Waals surface area contributed by atoms with E-state index in [4.69, 9.17) is 4.52 Å². The number of amides is 2. The van der Waals surface area contributed by atoms with Crippen molar-refractivity contribution in [1.29, 1.82) is 0 Å². The van der Waals surface area contributed by atoms with E-state index >= 15 is 0 Å². The molecule has 0 aliphatic carbocycles. The molecule has 1 atom stereocenters. The number of anilines is 2. The fourth-order valence-corrected chi connectivity index (χ4v) is 1.63. The summed E-state index contributed by atoms with van der Waals surface area (Å²) in [6.45, 7) is 3.74. The second-order valence-corrected chi connectivity index (χ2v) is 4.36. The van der Waals surface area contributed by atoms with Gasteiger partial charge in [0.15, 0.2) is 5.82 Å². The first kappa shape index (κ1) is 14.0. The fraction of sp³-hybridized carbons (Fsp3) is 0.308. The van der Waals surface area contributed by atoms with Gasteiger partial charge < -0.3 is 15.2 Å². The molecule has 1 unspecified atom stereocenters. The van der Waals surface area contributed by atoms with Crippen molar-refractivity contribution in [1.82, 2.24) is 15.5 Å². The predicted octanol–water partition coefficient (Wildman–Crippen LogP) is 2.30. The van der Waals surface area contributed by atoms with Crippen molar-refractivity contribution in [2.24, 2.45) is 0 Å². The third kappa shape index (κ3) is 3.55. The van der Waals surface area contributed by atoms with Gasteiger partial charge in [0.2, 0.25) is 0 Å². The molecule has 20 heavy (non-hydrogen) atoms. The van der Waals surface area contributed by atoms with Crippen LogP contribution in [0.4, 0.5) is 16.5 Å². The normalized spacial score (nSPS) is 11.9. The minimum absolute atomic E-state index is 0.0698. The average Bonchev–Trinajstić information content (AvgIpc) is 2.84. The van der Waals surface area contributed by atoms with Crippen LogP contribution in [0.5, 0.6) is 0 Å². The highest BCUT2D eigenvalue weighted by atomic mass is 16.5. The van der Waals surface area contributed by atoms with Crippen LogP contribution < -0.4 is 16.0 Å². The fourth-order valence-electron chi connectivity index (χ4n) is 1.63. The average molecular weight is 275 g/mol. The Balaban J connectivity index is 1.94. The third-order valence-electron chi connectivity index (χ3n) is 2.85. The maximum atomic E-state index is 11.7. The number of carbonyl (C=O) groups excluding carboxylic acids is 1. The van der Waals surface area contributed by atoms with Gasteiger partial charge in [-0.05, 0) is 38.6 Å². The summed E-state index contributed by atoms with van der Waals surface area (Å²) in [5, 5.41) is 11.9. The molecular weight excluding hydrogens is 258 g/mol. The zero-order valence-corrected chi connectivity index (χ0v) is 11.6. The molecule has 7 heteroatoms.